The Bertz CT molecular complexity index is 1230. The number of carbonyl (C=O) groups excluding carboxylic acids is 1. The Morgan fingerprint density at radius 1 is 1.13 bits per heavy atom. The van der Waals surface area contributed by atoms with Crippen molar-refractivity contribution in [3.63, 3.8) is 0 Å². The number of aromatic nitrogens is 1. The number of anilines is 1. The van der Waals surface area contributed by atoms with Gasteiger partial charge in [0.1, 0.15) is 0 Å². The van der Waals surface area contributed by atoms with Crippen LogP contribution in [0.25, 0.3) is 5.69 Å². The number of hydrogen-bond donors (Lipinski definition) is 2. The zero-order valence-corrected chi connectivity index (χ0v) is 19.5. The third-order valence-corrected chi connectivity index (χ3v) is 6.43. The summed E-state index contributed by atoms with van der Waals surface area (Å²) in [5, 5.41) is 13.6. The third-order valence-electron chi connectivity index (χ3n) is 4.76. The van der Waals surface area contributed by atoms with E-state index in [-0.39, 0.29) is 10.8 Å². The van der Waals surface area contributed by atoms with Crippen molar-refractivity contribution in [2.24, 2.45) is 0 Å². The van der Waals surface area contributed by atoms with Gasteiger partial charge in [-0.1, -0.05) is 23.2 Å². The molecule has 1 amide bonds. The van der Waals surface area contributed by atoms with Crippen molar-refractivity contribution in [3.05, 3.63) is 75.5 Å². The molecular weight excluding hydrogens is 459 g/mol. The van der Waals surface area contributed by atoms with Gasteiger partial charge in [0, 0.05) is 34.8 Å². The first kappa shape index (κ1) is 23.3. The second-order valence-electron chi connectivity index (χ2n) is 7.37. The number of nitrogens with one attached hydrogen (secondary N) is 1. The highest BCUT2D eigenvalue weighted by Gasteiger charge is 2.21. The quantitative estimate of drug-likeness (QED) is 0.536. The Balaban J connectivity index is 1.99. The molecule has 0 aliphatic carbocycles. The Kier molecular flexibility index (Phi) is 6.81. The van der Waals surface area contributed by atoms with E-state index in [4.69, 9.17) is 23.2 Å². The molecule has 0 unspecified atom stereocenters. The number of hydrogen-bond acceptors (Lipinski definition) is 4. The highest BCUT2D eigenvalue weighted by atomic mass is 35.5. The van der Waals surface area contributed by atoms with Crippen molar-refractivity contribution >= 4 is 44.6 Å². The minimum Gasteiger partial charge on any atom is -0.393 e. The summed E-state index contributed by atoms with van der Waals surface area (Å²) in [5.41, 5.74) is 2.88. The van der Waals surface area contributed by atoms with Crippen LogP contribution in [0.3, 0.4) is 0 Å². The molecule has 2 N–H and O–H groups in total. The molecule has 2 aromatic carbocycles. The first-order valence-electron chi connectivity index (χ1n) is 9.43. The zero-order valence-electron chi connectivity index (χ0n) is 17.2. The van der Waals surface area contributed by atoms with Crippen molar-refractivity contribution in [3.8, 4) is 5.69 Å². The summed E-state index contributed by atoms with van der Waals surface area (Å²) in [5.74, 6) is -0.361. The normalized spacial score (nSPS) is 12.6. The van der Waals surface area contributed by atoms with Crippen molar-refractivity contribution in [1.29, 1.82) is 0 Å². The number of aliphatic hydroxyl groups excluding tert-OH is 1. The fraction of sp³-hybridized carbons (Fsp3) is 0.227. The minimum absolute atomic E-state index is 0.171. The number of halogens is 2. The molecule has 0 radical (unpaired) electrons. The molecule has 0 saturated carbocycles. The molecule has 1 aromatic heterocycles. The largest absolute Gasteiger partial charge is 0.393 e. The second-order valence-corrected chi connectivity index (χ2v) is 10.2. The van der Waals surface area contributed by atoms with Gasteiger partial charge < -0.3 is 15.0 Å². The first-order chi connectivity index (χ1) is 14.5. The van der Waals surface area contributed by atoms with Gasteiger partial charge in [-0.15, -0.1) is 0 Å². The van der Waals surface area contributed by atoms with E-state index in [1.165, 1.54) is 24.3 Å². The maximum Gasteiger partial charge on any atom is 0.257 e. The van der Waals surface area contributed by atoms with Crippen LogP contribution < -0.4 is 5.32 Å². The van der Waals surface area contributed by atoms with Crippen molar-refractivity contribution in [1.82, 2.24) is 4.57 Å². The van der Waals surface area contributed by atoms with E-state index >= 15 is 0 Å². The molecule has 0 aliphatic rings. The molecule has 164 valence electrons. The van der Waals surface area contributed by atoms with E-state index in [2.05, 4.69) is 5.32 Å². The average Bonchev–Trinajstić information content (AvgIpc) is 2.97. The number of carbonyl (C=O) groups is 1. The predicted octanol–water partition coefficient (Wildman–Crippen LogP) is 4.67. The van der Waals surface area contributed by atoms with E-state index in [9.17, 15) is 18.3 Å². The van der Waals surface area contributed by atoms with Gasteiger partial charge in [-0.25, -0.2) is 8.42 Å². The molecule has 0 aliphatic heterocycles. The van der Waals surface area contributed by atoms with Gasteiger partial charge in [-0.05, 0) is 62.4 Å². The van der Waals surface area contributed by atoms with E-state index in [1.807, 2.05) is 4.57 Å². The first-order valence-corrected chi connectivity index (χ1v) is 12.1. The lowest BCUT2D eigenvalue weighted by molar-refractivity contribution is 0.102. The Hall–Kier alpha value is -2.32. The molecule has 6 nitrogen and oxygen atoms in total. The van der Waals surface area contributed by atoms with E-state index in [0.29, 0.717) is 44.8 Å². The van der Waals surface area contributed by atoms with Gasteiger partial charge in [0.2, 0.25) is 0 Å². The average molecular weight is 481 g/mol. The SMILES string of the molecule is Cc1c(C(=O)Nc2ccc(S(C)(=O)=O)cc2)cc(C[C@H](C)O)n1-c1ccc(Cl)cc1Cl. The van der Waals surface area contributed by atoms with Crippen LogP contribution >= 0.6 is 23.2 Å². The molecule has 0 spiro atoms. The summed E-state index contributed by atoms with van der Waals surface area (Å²) in [6.45, 7) is 3.46. The number of sulfone groups is 1. The van der Waals surface area contributed by atoms with E-state index in [1.54, 1.807) is 38.1 Å². The van der Waals surface area contributed by atoms with Crippen molar-refractivity contribution < 1.29 is 18.3 Å². The summed E-state index contributed by atoms with van der Waals surface area (Å²) in [7, 11) is -3.32. The van der Waals surface area contributed by atoms with Crippen molar-refractivity contribution in [2.45, 2.75) is 31.3 Å². The Labute approximate surface area is 191 Å². The Morgan fingerprint density at radius 2 is 1.77 bits per heavy atom. The molecular formula is C22H22Cl2N2O4S. The predicted molar refractivity (Wildman–Crippen MR) is 123 cm³/mol. The highest BCUT2D eigenvalue weighted by molar-refractivity contribution is 7.90. The van der Waals surface area contributed by atoms with Gasteiger partial charge >= 0.3 is 0 Å². The van der Waals surface area contributed by atoms with Crippen LogP contribution in [-0.2, 0) is 16.3 Å². The van der Waals surface area contributed by atoms with Crippen LogP contribution in [0.2, 0.25) is 10.0 Å². The number of rotatable bonds is 6. The van der Waals surface area contributed by atoms with Crippen LogP contribution in [0.5, 0.6) is 0 Å². The van der Waals surface area contributed by atoms with Crippen LogP contribution in [0, 0.1) is 6.92 Å². The zero-order chi connectivity index (χ0) is 22.9. The van der Waals surface area contributed by atoms with E-state index < -0.39 is 15.9 Å². The molecule has 9 heteroatoms. The lowest BCUT2D eigenvalue weighted by atomic mass is 10.2. The molecule has 3 rings (SSSR count). The maximum atomic E-state index is 13.0. The van der Waals surface area contributed by atoms with Crippen molar-refractivity contribution in [2.75, 3.05) is 11.6 Å². The molecule has 0 bridgehead atoms. The molecule has 3 aromatic rings. The lowest BCUT2D eigenvalue weighted by Gasteiger charge is -2.15. The van der Waals surface area contributed by atoms with Crippen LogP contribution in [-0.4, -0.2) is 36.4 Å². The molecule has 1 atom stereocenters. The minimum atomic E-state index is -3.32. The Morgan fingerprint density at radius 3 is 2.32 bits per heavy atom. The summed E-state index contributed by atoms with van der Waals surface area (Å²) in [6.07, 6.45) is 0.813. The number of nitrogens with zero attached hydrogens (tertiary/aromatic N) is 1. The lowest BCUT2D eigenvalue weighted by Crippen LogP contribution is -2.13. The molecule has 1 heterocycles. The van der Waals surface area contributed by atoms with Gasteiger partial charge in [-0.2, -0.15) is 0 Å². The highest BCUT2D eigenvalue weighted by Crippen LogP contribution is 2.30. The molecule has 0 fully saturated rings. The summed E-state index contributed by atoms with van der Waals surface area (Å²) < 4.78 is 25.1. The fourth-order valence-electron chi connectivity index (χ4n) is 3.34. The molecule has 31 heavy (non-hydrogen) atoms. The van der Waals surface area contributed by atoms with Crippen LogP contribution in [0.4, 0.5) is 5.69 Å². The van der Waals surface area contributed by atoms with Crippen LogP contribution in [0.1, 0.15) is 28.7 Å². The monoisotopic (exact) mass is 480 g/mol. The third kappa shape index (κ3) is 5.30. The summed E-state index contributed by atoms with van der Waals surface area (Å²) in [4.78, 5) is 13.1. The number of amides is 1. The second kappa shape index (κ2) is 9.04. The van der Waals surface area contributed by atoms with E-state index in [0.717, 1.165) is 6.26 Å². The summed E-state index contributed by atoms with van der Waals surface area (Å²) >= 11 is 12.4. The smallest absolute Gasteiger partial charge is 0.257 e. The maximum absolute atomic E-state index is 13.0. The fourth-order valence-corrected chi connectivity index (χ4v) is 4.46. The van der Waals surface area contributed by atoms with Gasteiger partial charge in [-0.3, -0.25) is 4.79 Å². The van der Waals surface area contributed by atoms with Crippen LogP contribution in [0.15, 0.2) is 53.4 Å². The number of aliphatic hydroxyl groups is 1. The molecule has 0 saturated heterocycles. The van der Waals surface area contributed by atoms with Gasteiger partial charge in [0.25, 0.3) is 5.91 Å². The van der Waals surface area contributed by atoms with Gasteiger partial charge in [0.05, 0.1) is 27.3 Å². The number of benzene rings is 2. The summed E-state index contributed by atoms with van der Waals surface area (Å²) in [6, 6.07) is 12.7. The van der Waals surface area contributed by atoms with Gasteiger partial charge in [0.15, 0.2) is 9.84 Å². The standard InChI is InChI=1S/C22H22Cl2N2O4S/c1-13(27)10-17-12-19(14(2)26(17)21-9-4-15(23)11-20(21)24)22(28)25-16-5-7-18(8-6-16)31(3,29)30/h4-9,11-13,27H,10H2,1-3H3,(H,25,28)/t13-/m0/s1. The topological polar surface area (TPSA) is 88.4 Å².